The van der Waals surface area contributed by atoms with Crippen LogP contribution in [0.2, 0.25) is 0 Å². The summed E-state index contributed by atoms with van der Waals surface area (Å²) in [4.78, 5) is 16.5. The number of alkyl halides is 3. The van der Waals surface area contributed by atoms with Crippen LogP contribution in [0, 0.1) is 0 Å². The molecule has 0 saturated carbocycles. The third kappa shape index (κ3) is 4.56. The maximum atomic E-state index is 12.6. The second kappa shape index (κ2) is 8.10. The van der Waals surface area contributed by atoms with E-state index in [1.807, 2.05) is 17.0 Å². The first-order valence-corrected chi connectivity index (χ1v) is 9.01. The predicted molar refractivity (Wildman–Crippen MR) is 101 cm³/mol. The Balaban J connectivity index is 1.55. The van der Waals surface area contributed by atoms with Crippen LogP contribution in [0.5, 0.6) is 5.75 Å². The minimum absolute atomic E-state index is 0.226. The van der Waals surface area contributed by atoms with Crippen LogP contribution in [-0.4, -0.2) is 48.1 Å². The fraction of sp³-hybridized carbons (Fsp3) is 0.350. The van der Waals surface area contributed by atoms with E-state index in [9.17, 15) is 23.1 Å². The fourth-order valence-corrected chi connectivity index (χ4v) is 3.24. The normalized spacial score (nSPS) is 16.6. The highest BCUT2D eigenvalue weighted by molar-refractivity contribution is 5.94. The van der Waals surface area contributed by atoms with E-state index in [0.717, 1.165) is 17.8 Å². The molecule has 1 aliphatic rings. The number of rotatable bonds is 4. The number of carbonyl (C=O) groups is 1. The van der Waals surface area contributed by atoms with Gasteiger partial charge in [0.1, 0.15) is 5.75 Å². The summed E-state index contributed by atoms with van der Waals surface area (Å²) in [6, 6.07) is 11.1. The number of amides is 1. The van der Waals surface area contributed by atoms with Gasteiger partial charge in [-0.25, -0.2) is 0 Å². The van der Waals surface area contributed by atoms with Gasteiger partial charge < -0.3 is 15.3 Å². The monoisotopic (exact) mass is 393 g/mol. The van der Waals surface area contributed by atoms with Crippen molar-refractivity contribution in [3.8, 4) is 5.75 Å². The Kier molecular flexibility index (Phi) is 5.79. The van der Waals surface area contributed by atoms with E-state index in [0.29, 0.717) is 31.9 Å². The first kappa shape index (κ1) is 20.0. The minimum atomic E-state index is -4.40. The Labute approximate surface area is 161 Å². The number of para-hydroxylation sites is 2. The summed E-state index contributed by atoms with van der Waals surface area (Å²) in [7, 11) is 0. The highest BCUT2D eigenvalue weighted by atomic mass is 19.4. The molecule has 3 rings (SSSR count). The van der Waals surface area contributed by atoms with Crippen molar-refractivity contribution in [1.29, 1.82) is 0 Å². The van der Waals surface area contributed by atoms with Crippen molar-refractivity contribution in [2.24, 2.45) is 0 Å². The number of carbonyl (C=O) groups excluding carboxylic acids is 1. The molecule has 28 heavy (non-hydrogen) atoms. The van der Waals surface area contributed by atoms with Gasteiger partial charge in [0, 0.05) is 31.9 Å². The summed E-state index contributed by atoms with van der Waals surface area (Å²) < 4.78 is 37.9. The van der Waals surface area contributed by atoms with E-state index in [-0.39, 0.29) is 11.7 Å². The number of benzene rings is 2. The van der Waals surface area contributed by atoms with E-state index in [4.69, 9.17) is 0 Å². The molecule has 1 fully saturated rings. The molecule has 1 saturated heterocycles. The lowest BCUT2D eigenvalue weighted by Gasteiger charge is -2.38. The first-order valence-electron chi connectivity index (χ1n) is 9.01. The van der Waals surface area contributed by atoms with Gasteiger partial charge in [0.15, 0.2) is 0 Å². The summed E-state index contributed by atoms with van der Waals surface area (Å²) in [6.07, 6.45) is -4.40. The number of piperazine rings is 1. The van der Waals surface area contributed by atoms with Gasteiger partial charge in [-0.15, -0.1) is 0 Å². The maximum Gasteiger partial charge on any atom is 0.416 e. The molecule has 0 aliphatic carbocycles. The van der Waals surface area contributed by atoms with Crippen molar-refractivity contribution >= 4 is 17.3 Å². The summed E-state index contributed by atoms with van der Waals surface area (Å²) in [5.74, 6) is -0.0418. The molecule has 1 aliphatic heterocycles. The van der Waals surface area contributed by atoms with Crippen LogP contribution in [0.4, 0.5) is 24.5 Å². The number of hydrogen-bond acceptors (Lipinski definition) is 4. The van der Waals surface area contributed by atoms with Crippen molar-refractivity contribution in [3.63, 3.8) is 0 Å². The van der Waals surface area contributed by atoms with Crippen molar-refractivity contribution in [2.45, 2.75) is 19.1 Å². The number of aromatic hydroxyl groups is 1. The molecule has 2 aromatic rings. The Morgan fingerprint density at radius 2 is 1.64 bits per heavy atom. The van der Waals surface area contributed by atoms with Gasteiger partial charge in [-0.2, -0.15) is 13.2 Å². The van der Waals surface area contributed by atoms with Gasteiger partial charge in [0.05, 0.1) is 17.3 Å². The third-order valence-corrected chi connectivity index (χ3v) is 4.94. The second-order valence-corrected chi connectivity index (χ2v) is 6.75. The lowest BCUT2D eigenvalue weighted by Crippen LogP contribution is -2.52. The quantitative estimate of drug-likeness (QED) is 0.834. The van der Waals surface area contributed by atoms with Crippen LogP contribution in [0.25, 0.3) is 0 Å². The van der Waals surface area contributed by atoms with Gasteiger partial charge in [0.25, 0.3) is 0 Å². The molecule has 1 heterocycles. The van der Waals surface area contributed by atoms with E-state index >= 15 is 0 Å². The van der Waals surface area contributed by atoms with Crippen molar-refractivity contribution < 1.29 is 23.1 Å². The molecule has 0 bridgehead atoms. The van der Waals surface area contributed by atoms with Crippen molar-refractivity contribution in [3.05, 3.63) is 54.1 Å². The van der Waals surface area contributed by atoms with E-state index in [2.05, 4.69) is 10.2 Å². The zero-order valence-electron chi connectivity index (χ0n) is 15.4. The van der Waals surface area contributed by atoms with Gasteiger partial charge in [-0.1, -0.05) is 12.1 Å². The largest absolute Gasteiger partial charge is 0.506 e. The van der Waals surface area contributed by atoms with Crippen molar-refractivity contribution in [1.82, 2.24) is 4.90 Å². The first-order chi connectivity index (χ1) is 13.3. The van der Waals surface area contributed by atoms with Gasteiger partial charge >= 0.3 is 6.18 Å². The van der Waals surface area contributed by atoms with Gasteiger partial charge in [-0.05, 0) is 43.3 Å². The summed E-state index contributed by atoms with van der Waals surface area (Å²) in [5.41, 5.74) is 0.348. The van der Waals surface area contributed by atoms with Crippen molar-refractivity contribution in [2.75, 3.05) is 36.4 Å². The number of phenolic OH excluding ortho intramolecular Hbond substituents is 1. The standard InChI is InChI=1S/C20H22F3N3O2/c1-14(19(28)24-16-8-6-15(7-9-16)20(21,22)23)25-10-12-26(13-11-25)17-4-2-3-5-18(17)27/h2-9,14,27H,10-13H2,1H3,(H,24,28)/t14-/m1/s1. The molecule has 150 valence electrons. The molecular formula is C20H22F3N3O2. The highest BCUT2D eigenvalue weighted by Crippen LogP contribution is 2.30. The van der Waals surface area contributed by atoms with Crippen LogP contribution < -0.4 is 10.2 Å². The van der Waals surface area contributed by atoms with Crippen LogP contribution in [-0.2, 0) is 11.0 Å². The zero-order chi connectivity index (χ0) is 20.3. The lowest BCUT2D eigenvalue weighted by atomic mass is 10.1. The Bertz CT molecular complexity index is 816. The molecular weight excluding hydrogens is 371 g/mol. The molecule has 2 N–H and O–H groups in total. The smallest absolute Gasteiger partial charge is 0.416 e. The highest BCUT2D eigenvalue weighted by Gasteiger charge is 2.30. The summed E-state index contributed by atoms with van der Waals surface area (Å²) in [5, 5.41) is 12.6. The molecule has 1 amide bonds. The number of halogens is 3. The minimum Gasteiger partial charge on any atom is -0.506 e. The molecule has 0 unspecified atom stereocenters. The second-order valence-electron chi connectivity index (χ2n) is 6.75. The molecule has 0 spiro atoms. The lowest BCUT2D eigenvalue weighted by molar-refractivity contribution is -0.137. The predicted octanol–water partition coefficient (Wildman–Crippen LogP) is 3.56. The van der Waals surface area contributed by atoms with E-state index in [1.165, 1.54) is 12.1 Å². The van der Waals surface area contributed by atoms with E-state index in [1.54, 1.807) is 19.1 Å². The molecule has 2 aromatic carbocycles. The number of nitrogens with one attached hydrogen (secondary N) is 1. The Morgan fingerprint density at radius 1 is 1.04 bits per heavy atom. The SMILES string of the molecule is C[C@H](C(=O)Nc1ccc(C(F)(F)F)cc1)N1CCN(c2ccccc2O)CC1. The van der Waals surface area contributed by atoms with E-state index < -0.39 is 17.8 Å². The number of phenols is 1. The number of nitrogens with zero attached hydrogens (tertiary/aromatic N) is 2. The topological polar surface area (TPSA) is 55.8 Å². The van der Waals surface area contributed by atoms with Crippen LogP contribution in [0.3, 0.4) is 0 Å². The molecule has 8 heteroatoms. The average molecular weight is 393 g/mol. The van der Waals surface area contributed by atoms with Gasteiger partial charge in [0.2, 0.25) is 5.91 Å². The maximum absolute atomic E-state index is 12.6. The fourth-order valence-electron chi connectivity index (χ4n) is 3.24. The molecule has 1 atom stereocenters. The van der Waals surface area contributed by atoms with Crippen LogP contribution >= 0.6 is 0 Å². The Morgan fingerprint density at radius 3 is 2.21 bits per heavy atom. The van der Waals surface area contributed by atoms with Gasteiger partial charge in [-0.3, -0.25) is 9.69 Å². The number of hydrogen-bond donors (Lipinski definition) is 2. The molecule has 0 radical (unpaired) electrons. The van der Waals surface area contributed by atoms with Crippen LogP contribution in [0.1, 0.15) is 12.5 Å². The molecule has 5 nitrogen and oxygen atoms in total. The third-order valence-electron chi connectivity index (χ3n) is 4.94. The van der Waals surface area contributed by atoms with Crippen LogP contribution in [0.15, 0.2) is 48.5 Å². The number of anilines is 2. The Hall–Kier alpha value is -2.74. The summed E-state index contributed by atoms with van der Waals surface area (Å²) >= 11 is 0. The summed E-state index contributed by atoms with van der Waals surface area (Å²) in [6.45, 7) is 4.37. The average Bonchev–Trinajstić information content (AvgIpc) is 2.67. The zero-order valence-corrected chi connectivity index (χ0v) is 15.4. The molecule has 0 aromatic heterocycles.